The van der Waals surface area contributed by atoms with Gasteiger partial charge < -0.3 is 9.64 Å². The topological polar surface area (TPSA) is 63.7 Å². The SMILES string of the molecule is Cc1ccccc1OCCCC(=O)N(C1CC1)C1CCS(=O)(=O)C1. The number of hydrogen-bond acceptors (Lipinski definition) is 4. The van der Waals surface area contributed by atoms with Crippen molar-refractivity contribution < 1.29 is 17.9 Å². The fraction of sp³-hybridized carbons (Fsp3) is 0.611. The van der Waals surface area contributed by atoms with Crippen molar-refractivity contribution in [1.82, 2.24) is 4.90 Å². The molecule has 1 heterocycles. The molecule has 1 aliphatic heterocycles. The van der Waals surface area contributed by atoms with Crippen LogP contribution in [-0.4, -0.2) is 49.4 Å². The Kier molecular flexibility index (Phi) is 5.13. The molecule has 0 bridgehead atoms. The van der Waals surface area contributed by atoms with Crippen LogP contribution in [0.1, 0.15) is 37.7 Å². The highest BCUT2D eigenvalue weighted by Crippen LogP contribution is 2.33. The third-order valence-corrected chi connectivity index (χ3v) is 6.47. The molecule has 1 saturated carbocycles. The van der Waals surface area contributed by atoms with Gasteiger partial charge >= 0.3 is 0 Å². The Bertz CT molecular complexity index is 697. The molecule has 1 atom stereocenters. The van der Waals surface area contributed by atoms with Crippen LogP contribution in [0.25, 0.3) is 0 Å². The van der Waals surface area contributed by atoms with E-state index < -0.39 is 9.84 Å². The van der Waals surface area contributed by atoms with Crippen molar-refractivity contribution in [3.05, 3.63) is 29.8 Å². The summed E-state index contributed by atoms with van der Waals surface area (Å²) in [7, 11) is -2.96. The summed E-state index contributed by atoms with van der Waals surface area (Å²) < 4.78 is 29.1. The standard InChI is InChI=1S/C18H25NO4S/c1-14-5-2-3-6-17(14)23-11-4-7-18(20)19(15-8-9-15)16-10-12-24(21,22)13-16/h2-3,5-6,15-16H,4,7-13H2,1H3. The van der Waals surface area contributed by atoms with Gasteiger partial charge in [0.15, 0.2) is 9.84 Å². The lowest BCUT2D eigenvalue weighted by atomic mass is 10.2. The molecule has 0 N–H and O–H groups in total. The summed E-state index contributed by atoms with van der Waals surface area (Å²) in [6, 6.07) is 7.96. The largest absolute Gasteiger partial charge is 0.493 e. The fourth-order valence-corrected chi connectivity index (χ4v) is 5.02. The summed E-state index contributed by atoms with van der Waals surface area (Å²) >= 11 is 0. The van der Waals surface area contributed by atoms with Crippen molar-refractivity contribution in [2.24, 2.45) is 0 Å². The zero-order valence-electron chi connectivity index (χ0n) is 14.1. The van der Waals surface area contributed by atoms with Crippen LogP contribution in [0.2, 0.25) is 0 Å². The minimum atomic E-state index is -2.96. The number of carbonyl (C=O) groups is 1. The first-order valence-corrected chi connectivity index (χ1v) is 10.5. The summed E-state index contributed by atoms with van der Waals surface area (Å²) in [5.74, 6) is 1.28. The van der Waals surface area contributed by atoms with Crippen LogP contribution in [0.5, 0.6) is 5.75 Å². The molecule has 1 aromatic carbocycles. The van der Waals surface area contributed by atoms with Gasteiger partial charge in [0, 0.05) is 18.5 Å². The molecule has 5 nitrogen and oxygen atoms in total. The van der Waals surface area contributed by atoms with E-state index in [1.807, 2.05) is 36.1 Å². The molecule has 1 saturated heterocycles. The second-order valence-electron chi connectivity index (χ2n) is 6.81. The molecule has 24 heavy (non-hydrogen) atoms. The number of rotatable bonds is 7. The number of nitrogens with zero attached hydrogens (tertiary/aromatic N) is 1. The number of ether oxygens (including phenoxy) is 1. The smallest absolute Gasteiger partial charge is 0.223 e. The van der Waals surface area contributed by atoms with Crippen LogP contribution in [-0.2, 0) is 14.6 Å². The maximum absolute atomic E-state index is 12.6. The molecule has 2 fully saturated rings. The second kappa shape index (κ2) is 7.13. The Labute approximate surface area is 143 Å². The molecule has 1 aliphatic carbocycles. The number of para-hydroxylation sites is 1. The Morgan fingerprint density at radius 3 is 2.58 bits per heavy atom. The van der Waals surface area contributed by atoms with Crippen molar-refractivity contribution in [3.8, 4) is 5.75 Å². The van der Waals surface area contributed by atoms with Gasteiger partial charge in [0.1, 0.15) is 5.75 Å². The number of hydrogen-bond donors (Lipinski definition) is 0. The van der Waals surface area contributed by atoms with E-state index in [1.54, 1.807) is 0 Å². The van der Waals surface area contributed by atoms with Crippen LogP contribution >= 0.6 is 0 Å². The van der Waals surface area contributed by atoms with E-state index in [-0.39, 0.29) is 29.5 Å². The first-order chi connectivity index (χ1) is 11.5. The van der Waals surface area contributed by atoms with E-state index in [2.05, 4.69) is 0 Å². The van der Waals surface area contributed by atoms with Crippen LogP contribution in [0.3, 0.4) is 0 Å². The van der Waals surface area contributed by atoms with Crippen molar-refractivity contribution >= 4 is 15.7 Å². The van der Waals surface area contributed by atoms with E-state index in [0.29, 0.717) is 25.9 Å². The summed E-state index contributed by atoms with van der Waals surface area (Å²) in [6.07, 6.45) is 3.66. The van der Waals surface area contributed by atoms with Gasteiger partial charge in [0.2, 0.25) is 5.91 Å². The molecule has 3 rings (SSSR count). The Balaban J connectivity index is 1.49. The van der Waals surface area contributed by atoms with Crippen LogP contribution in [0, 0.1) is 6.92 Å². The molecule has 0 radical (unpaired) electrons. The predicted molar refractivity (Wildman–Crippen MR) is 92.8 cm³/mol. The third kappa shape index (κ3) is 4.29. The number of aryl methyl sites for hydroxylation is 1. The molecular weight excluding hydrogens is 326 g/mol. The van der Waals surface area contributed by atoms with Crippen molar-refractivity contribution in [1.29, 1.82) is 0 Å². The number of carbonyl (C=O) groups excluding carboxylic acids is 1. The van der Waals surface area contributed by atoms with Crippen molar-refractivity contribution in [3.63, 3.8) is 0 Å². The summed E-state index contributed by atoms with van der Waals surface area (Å²) in [6.45, 7) is 2.49. The Morgan fingerprint density at radius 1 is 1.21 bits per heavy atom. The maximum Gasteiger partial charge on any atom is 0.223 e. The van der Waals surface area contributed by atoms with Crippen molar-refractivity contribution in [2.75, 3.05) is 18.1 Å². The fourth-order valence-electron chi connectivity index (χ4n) is 3.31. The predicted octanol–water partition coefficient (Wildman–Crippen LogP) is 2.33. The van der Waals surface area contributed by atoms with E-state index in [9.17, 15) is 13.2 Å². The van der Waals surface area contributed by atoms with Gasteiger partial charge in [0.05, 0.1) is 18.1 Å². The lowest BCUT2D eigenvalue weighted by molar-refractivity contribution is -0.134. The Morgan fingerprint density at radius 2 is 1.96 bits per heavy atom. The molecular formula is C18H25NO4S. The third-order valence-electron chi connectivity index (χ3n) is 4.72. The van der Waals surface area contributed by atoms with Crippen molar-refractivity contribution in [2.45, 2.75) is 51.1 Å². The number of benzene rings is 1. The molecule has 0 spiro atoms. The van der Waals surface area contributed by atoms with Crippen LogP contribution in [0.15, 0.2) is 24.3 Å². The highest BCUT2D eigenvalue weighted by Gasteiger charge is 2.41. The average molecular weight is 351 g/mol. The molecule has 2 aliphatic rings. The van der Waals surface area contributed by atoms with Crippen LogP contribution < -0.4 is 4.74 Å². The first kappa shape index (κ1) is 17.3. The van der Waals surface area contributed by atoms with Gasteiger partial charge in [0.25, 0.3) is 0 Å². The lowest BCUT2D eigenvalue weighted by Gasteiger charge is -2.28. The zero-order chi connectivity index (χ0) is 17.2. The van der Waals surface area contributed by atoms with Gasteiger partial charge in [-0.15, -0.1) is 0 Å². The highest BCUT2D eigenvalue weighted by atomic mass is 32.2. The molecule has 6 heteroatoms. The van der Waals surface area contributed by atoms with E-state index in [4.69, 9.17) is 4.74 Å². The molecule has 0 aromatic heterocycles. The molecule has 132 valence electrons. The minimum absolute atomic E-state index is 0.0768. The lowest BCUT2D eigenvalue weighted by Crippen LogP contribution is -2.42. The van der Waals surface area contributed by atoms with Gasteiger partial charge in [-0.2, -0.15) is 0 Å². The maximum atomic E-state index is 12.6. The van der Waals surface area contributed by atoms with E-state index in [0.717, 1.165) is 24.2 Å². The first-order valence-electron chi connectivity index (χ1n) is 8.66. The summed E-state index contributed by atoms with van der Waals surface area (Å²) in [4.78, 5) is 14.4. The van der Waals surface area contributed by atoms with Gasteiger partial charge in [-0.25, -0.2) is 8.42 Å². The van der Waals surface area contributed by atoms with E-state index in [1.165, 1.54) is 0 Å². The number of amides is 1. The minimum Gasteiger partial charge on any atom is -0.493 e. The molecule has 1 aromatic rings. The van der Waals surface area contributed by atoms with Gasteiger partial charge in [-0.3, -0.25) is 4.79 Å². The van der Waals surface area contributed by atoms with Gasteiger partial charge in [-0.1, -0.05) is 18.2 Å². The summed E-state index contributed by atoms with van der Waals surface area (Å²) in [5, 5.41) is 0. The van der Waals surface area contributed by atoms with Crippen LogP contribution in [0.4, 0.5) is 0 Å². The monoisotopic (exact) mass is 351 g/mol. The average Bonchev–Trinajstić information content (AvgIpc) is 3.29. The molecule has 1 amide bonds. The van der Waals surface area contributed by atoms with E-state index >= 15 is 0 Å². The summed E-state index contributed by atoms with van der Waals surface area (Å²) in [5.41, 5.74) is 1.08. The highest BCUT2D eigenvalue weighted by molar-refractivity contribution is 7.91. The second-order valence-corrected chi connectivity index (χ2v) is 9.04. The van der Waals surface area contributed by atoms with Gasteiger partial charge in [-0.05, 0) is 44.2 Å². The zero-order valence-corrected chi connectivity index (χ0v) is 14.9. The molecule has 1 unspecified atom stereocenters. The number of sulfone groups is 1. The quantitative estimate of drug-likeness (QED) is 0.707. The Hall–Kier alpha value is -1.56. The normalized spacial score (nSPS) is 22.3.